The SMILES string of the molecule is COCC[C@H]1CN(C2=Nc3cc(F)c(F)cc3Nc3sc(C(F)(F)F)cc32)CCN1C.Cl.Cl. The molecular formula is C20H23Cl2F5N4OS. The fraction of sp³-hybridized carbons (Fsp3) is 0.450. The molecule has 0 bridgehead atoms. The summed E-state index contributed by atoms with van der Waals surface area (Å²) in [4.78, 5) is 7.80. The molecule has 0 spiro atoms. The Morgan fingerprint density at radius 1 is 1.15 bits per heavy atom. The van der Waals surface area contributed by atoms with E-state index in [1.165, 1.54) is 0 Å². The molecule has 5 nitrogen and oxygen atoms in total. The summed E-state index contributed by atoms with van der Waals surface area (Å²) in [6.45, 7) is 2.28. The highest BCUT2D eigenvalue weighted by atomic mass is 35.5. The van der Waals surface area contributed by atoms with Crippen molar-refractivity contribution in [2.45, 2.75) is 18.6 Å². The molecule has 184 valence electrons. The van der Waals surface area contributed by atoms with E-state index < -0.39 is 22.7 Å². The van der Waals surface area contributed by atoms with Gasteiger partial charge >= 0.3 is 6.18 Å². The zero-order chi connectivity index (χ0) is 22.3. The number of fused-ring (bicyclic) bond motifs is 2. The zero-order valence-corrected chi connectivity index (χ0v) is 20.2. The van der Waals surface area contributed by atoms with Crippen LogP contribution in [0.3, 0.4) is 0 Å². The largest absolute Gasteiger partial charge is 0.425 e. The summed E-state index contributed by atoms with van der Waals surface area (Å²) >= 11 is 0.522. The van der Waals surface area contributed by atoms with Crippen molar-refractivity contribution in [1.82, 2.24) is 9.80 Å². The lowest BCUT2D eigenvalue weighted by Gasteiger charge is -2.40. The standard InChI is InChI=1S/C20H21F5N4OS.2ClH/c1-28-4-5-29(10-11(28)3-6-30-2)18-12-7-17(20(23,24)25)31-19(12)27-16-9-14(22)13(21)8-15(16)26-18;;/h7-9,11,27H,3-6,10H2,1-2H3;2*1H/t11-;;/m0../s1. The van der Waals surface area contributed by atoms with Crippen LogP contribution in [0.1, 0.15) is 16.9 Å². The maximum absolute atomic E-state index is 13.9. The van der Waals surface area contributed by atoms with Crippen LogP contribution in [-0.2, 0) is 10.9 Å². The maximum Gasteiger partial charge on any atom is 0.425 e. The van der Waals surface area contributed by atoms with Gasteiger partial charge in [0.15, 0.2) is 11.6 Å². The third-order valence-corrected chi connectivity index (χ3v) is 6.59. The summed E-state index contributed by atoms with van der Waals surface area (Å²) in [7, 11) is 3.60. The molecule has 4 rings (SSSR count). The van der Waals surface area contributed by atoms with E-state index >= 15 is 0 Å². The number of rotatable bonds is 3. The number of aliphatic imine (C=N–C) groups is 1. The molecular weight excluding hydrogens is 510 g/mol. The van der Waals surface area contributed by atoms with Crippen LogP contribution >= 0.6 is 36.2 Å². The number of piperazine rings is 1. The molecule has 0 aliphatic carbocycles. The van der Waals surface area contributed by atoms with E-state index in [2.05, 4.69) is 15.2 Å². The summed E-state index contributed by atoms with van der Waals surface area (Å²) in [6, 6.07) is 3.03. The van der Waals surface area contributed by atoms with Crippen molar-refractivity contribution >= 4 is 58.4 Å². The molecule has 1 aromatic carbocycles. The van der Waals surface area contributed by atoms with E-state index in [1.807, 2.05) is 11.9 Å². The Labute approximate surface area is 204 Å². The third kappa shape index (κ3) is 5.71. The molecule has 33 heavy (non-hydrogen) atoms. The monoisotopic (exact) mass is 532 g/mol. The van der Waals surface area contributed by atoms with Crippen LogP contribution in [0.15, 0.2) is 23.2 Å². The van der Waals surface area contributed by atoms with Crippen molar-refractivity contribution in [2.75, 3.05) is 45.7 Å². The Balaban J connectivity index is 0.00000193. The minimum absolute atomic E-state index is 0. The van der Waals surface area contributed by atoms with Gasteiger partial charge in [-0.05, 0) is 19.5 Å². The number of methoxy groups -OCH3 is 1. The Kier molecular flexibility index (Phi) is 8.97. The number of nitrogens with one attached hydrogen (secondary N) is 1. The van der Waals surface area contributed by atoms with Crippen LogP contribution in [0.25, 0.3) is 0 Å². The fourth-order valence-electron chi connectivity index (χ4n) is 3.76. The minimum atomic E-state index is -4.52. The van der Waals surface area contributed by atoms with Gasteiger partial charge in [0.25, 0.3) is 0 Å². The van der Waals surface area contributed by atoms with Crippen molar-refractivity contribution in [3.8, 4) is 0 Å². The molecule has 1 aromatic heterocycles. The average molecular weight is 533 g/mol. The molecule has 1 atom stereocenters. The number of benzene rings is 1. The van der Waals surface area contributed by atoms with E-state index in [0.29, 0.717) is 43.4 Å². The molecule has 2 aromatic rings. The second-order valence-corrected chi connectivity index (χ2v) is 8.61. The van der Waals surface area contributed by atoms with E-state index in [4.69, 9.17) is 4.74 Å². The average Bonchev–Trinajstić information content (AvgIpc) is 3.07. The van der Waals surface area contributed by atoms with Crippen molar-refractivity contribution in [2.24, 2.45) is 4.99 Å². The zero-order valence-electron chi connectivity index (χ0n) is 17.7. The maximum atomic E-state index is 13.9. The predicted octanol–water partition coefficient (Wildman–Crippen LogP) is 5.68. The normalized spacial score (nSPS) is 18.2. The fourth-order valence-corrected chi connectivity index (χ4v) is 4.69. The molecule has 1 fully saturated rings. The number of amidine groups is 1. The van der Waals surface area contributed by atoms with Crippen LogP contribution in [0, 0.1) is 11.6 Å². The number of nitrogens with zero attached hydrogens (tertiary/aromatic N) is 3. The van der Waals surface area contributed by atoms with Gasteiger partial charge in [-0.3, -0.25) is 4.90 Å². The summed E-state index contributed by atoms with van der Waals surface area (Å²) in [5.41, 5.74) is 0.526. The molecule has 1 saturated heterocycles. The Morgan fingerprint density at radius 2 is 1.85 bits per heavy atom. The highest BCUT2D eigenvalue weighted by Gasteiger charge is 2.37. The third-order valence-electron chi connectivity index (χ3n) is 5.50. The Hall–Kier alpha value is -1.66. The van der Waals surface area contributed by atoms with Gasteiger partial charge in [-0.25, -0.2) is 13.8 Å². The summed E-state index contributed by atoms with van der Waals surface area (Å²) in [5.74, 6) is -1.85. The number of alkyl halides is 3. The molecule has 1 N–H and O–H groups in total. The first kappa shape index (κ1) is 27.6. The minimum Gasteiger partial charge on any atom is -0.385 e. The van der Waals surface area contributed by atoms with E-state index in [-0.39, 0.29) is 52.8 Å². The van der Waals surface area contributed by atoms with Crippen LogP contribution < -0.4 is 5.32 Å². The first-order valence-corrected chi connectivity index (χ1v) is 10.5. The van der Waals surface area contributed by atoms with E-state index in [9.17, 15) is 22.0 Å². The van der Waals surface area contributed by atoms with Crippen molar-refractivity contribution < 1.29 is 26.7 Å². The van der Waals surface area contributed by atoms with Crippen LogP contribution in [0.2, 0.25) is 0 Å². The highest BCUT2D eigenvalue weighted by molar-refractivity contribution is 7.16. The van der Waals surface area contributed by atoms with Gasteiger partial charge in [-0.1, -0.05) is 0 Å². The molecule has 3 heterocycles. The number of likely N-dealkylation sites (N-methyl/N-ethyl adjacent to an activating group) is 1. The molecule has 0 unspecified atom stereocenters. The lowest BCUT2D eigenvalue weighted by Crippen LogP contribution is -2.53. The number of thiophene rings is 1. The number of halogens is 7. The molecule has 2 aliphatic rings. The van der Waals surface area contributed by atoms with Gasteiger partial charge in [0, 0.05) is 51.5 Å². The summed E-state index contributed by atoms with van der Waals surface area (Å²) in [5, 5.41) is 3.02. The van der Waals surface area contributed by atoms with Gasteiger partial charge in [0.2, 0.25) is 0 Å². The predicted molar refractivity (Wildman–Crippen MR) is 124 cm³/mol. The lowest BCUT2D eigenvalue weighted by molar-refractivity contribution is -0.134. The second kappa shape index (κ2) is 10.7. The molecule has 0 saturated carbocycles. The van der Waals surface area contributed by atoms with Crippen LogP contribution in [0.5, 0.6) is 0 Å². The smallest absolute Gasteiger partial charge is 0.385 e. The van der Waals surface area contributed by atoms with Crippen LogP contribution in [0.4, 0.5) is 38.3 Å². The first-order valence-electron chi connectivity index (χ1n) is 9.67. The quantitative estimate of drug-likeness (QED) is 0.516. The molecule has 0 radical (unpaired) electrons. The van der Waals surface area contributed by atoms with Gasteiger partial charge in [0.1, 0.15) is 15.7 Å². The molecule has 2 aliphatic heterocycles. The second-order valence-electron chi connectivity index (χ2n) is 7.56. The van der Waals surface area contributed by atoms with Gasteiger partial charge in [-0.15, -0.1) is 36.2 Å². The summed E-state index contributed by atoms with van der Waals surface area (Å²) in [6.07, 6.45) is -3.78. The molecule has 0 amide bonds. The van der Waals surface area contributed by atoms with Crippen molar-refractivity contribution in [3.05, 3.63) is 40.3 Å². The van der Waals surface area contributed by atoms with Crippen molar-refractivity contribution in [1.29, 1.82) is 0 Å². The van der Waals surface area contributed by atoms with E-state index in [0.717, 1.165) is 24.6 Å². The van der Waals surface area contributed by atoms with Crippen molar-refractivity contribution in [3.63, 3.8) is 0 Å². The topological polar surface area (TPSA) is 40.1 Å². The van der Waals surface area contributed by atoms with E-state index in [1.54, 1.807) is 7.11 Å². The molecule has 13 heteroatoms. The summed E-state index contributed by atoms with van der Waals surface area (Å²) < 4.78 is 73.1. The van der Waals surface area contributed by atoms with Gasteiger partial charge < -0.3 is 15.0 Å². The Bertz CT molecular complexity index is 1020. The Morgan fingerprint density at radius 3 is 2.52 bits per heavy atom. The number of anilines is 2. The first-order chi connectivity index (χ1) is 14.7. The van der Waals surface area contributed by atoms with Gasteiger partial charge in [-0.2, -0.15) is 13.2 Å². The highest BCUT2D eigenvalue weighted by Crippen LogP contribution is 2.44. The number of ether oxygens (including phenoxy) is 1. The van der Waals surface area contributed by atoms with Gasteiger partial charge in [0.05, 0.1) is 16.9 Å². The van der Waals surface area contributed by atoms with Crippen LogP contribution in [-0.4, -0.2) is 62.1 Å². The lowest BCUT2D eigenvalue weighted by atomic mass is 10.1. The number of hydrogen-bond donors (Lipinski definition) is 1. The number of hydrogen-bond acceptors (Lipinski definition) is 6.